The van der Waals surface area contributed by atoms with Gasteiger partial charge in [0, 0.05) is 6.54 Å². The standard InChI is InChI=1S/C12H17FN2O2.ClH/c1-7(2)11(14)12(17)15-6-8-3-4-10(16)9(13)5-8;/h3-5,7,11,16H,6,14H2,1-2H3,(H,15,17);1H/t11-;/m0./s1. The number of benzene rings is 1. The molecule has 18 heavy (non-hydrogen) atoms. The largest absolute Gasteiger partial charge is 0.505 e. The first kappa shape index (κ1) is 16.7. The fourth-order valence-electron chi connectivity index (χ4n) is 1.27. The number of phenolic OH excluding ortho intramolecular Hbond substituents is 1. The molecule has 0 saturated carbocycles. The van der Waals surface area contributed by atoms with Crippen LogP contribution in [0, 0.1) is 11.7 Å². The molecule has 0 bridgehead atoms. The lowest BCUT2D eigenvalue weighted by Crippen LogP contribution is -2.43. The number of carbonyl (C=O) groups is 1. The third-order valence-electron chi connectivity index (χ3n) is 2.50. The molecule has 0 aliphatic rings. The van der Waals surface area contributed by atoms with Crippen molar-refractivity contribution >= 4 is 18.3 Å². The van der Waals surface area contributed by atoms with E-state index in [0.717, 1.165) is 0 Å². The number of hydrogen-bond acceptors (Lipinski definition) is 3. The van der Waals surface area contributed by atoms with Crippen LogP contribution < -0.4 is 11.1 Å². The van der Waals surface area contributed by atoms with Crippen LogP contribution in [0.4, 0.5) is 4.39 Å². The Bertz CT molecular complexity index is 413. The fourth-order valence-corrected chi connectivity index (χ4v) is 1.27. The Labute approximate surface area is 112 Å². The van der Waals surface area contributed by atoms with Gasteiger partial charge >= 0.3 is 0 Å². The average Bonchev–Trinajstić information content (AvgIpc) is 2.29. The number of amides is 1. The number of nitrogens with two attached hydrogens (primary N) is 1. The summed E-state index contributed by atoms with van der Waals surface area (Å²) >= 11 is 0. The van der Waals surface area contributed by atoms with Gasteiger partial charge in [0.15, 0.2) is 11.6 Å². The quantitative estimate of drug-likeness (QED) is 0.781. The van der Waals surface area contributed by atoms with Crippen molar-refractivity contribution in [2.75, 3.05) is 0 Å². The van der Waals surface area contributed by atoms with E-state index in [9.17, 15) is 9.18 Å². The highest BCUT2D eigenvalue weighted by Crippen LogP contribution is 2.15. The summed E-state index contributed by atoms with van der Waals surface area (Å²) in [5.41, 5.74) is 6.23. The van der Waals surface area contributed by atoms with Crippen LogP contribution in [0.3, 0.4) is 0 Å². The minimum atomic E-state index is -0.704. The molecule has 0 radical (unpaired) electrons. The number of rotatable bonds is 4. The molecule has 0 aliphatic carbocycles. The predicted octanol–water partition coefficient (Wildman–Crippen LogP) is 1.55. The van der Waals surface area contributed by atoms with E-state index in [4.69, 9.17) is 10.8 Å². The highest BCUT2D eigenvalue weighted by atomic mass is 35.5. The Morgan fingerprint density at radius 1 is 1.50 bits per heavy atom. The zero-order valence-corrected chi connectivity index (χ0v) is 11.1. The van der Waals surface area contributed by atoms with Crippen molar-refractivity contribution in [1.29, 1.82) is 0 Å². The van der Waals surface area contributed by atoms with Gasteiger partial charge in [-0.15, -0.1) is 12.4 Å². The number of halogens is 2. The average molecular weight is 277 g/mol. The Morgan fingerprint density at radius 3 is 2.61 bits per heavy atom. The Hall–Kier alpha value is -1.33. The summed E-state index contributed by atoms with van der Waals surface area (Å²) in [4.78, 5) is 11.5. The van der Waals surface area contributed by atoms with Crippen LogP contribution in [0.25, 0.3) is 0 Å². The number of carbonyl (C=O) groups excluding carboxylic acids is 1. The molecule has 1 aromatic carbocycles. The highest BCUT2D eigenvalue weighted by molar-refractivity contribution is 5.85. The fraction of sp³-hybridized carbons (Fsp3) is 0.417. The molecule has 1 amide bonds. The number of hydrogen-bond donors (Lipinski definition) is 3. The van der Waals surface area contributed by atoms with Crippen molar-refractivity contribution in [2.24, 2.45) is 11.7 Å². The molecule has 1 atom stereocenters. The second-order valence-corrected chi connectivity index (χ2v) is 4.27. The van der Waals surface area contributed by atoms with E-state index in [2.05, 4.69) is 5.32 Å². The van der Waals surface area contributed by atoms with Crippen LogP contribution in [0.5, 0.6) is 5.75 Å². The van der Waals surface area contributed by atoms with Crippen LogP contribution in [-0.2, 0) is 11.3 Å². The predicted molar refractivity (Wildman–Crippen MR) is 70.0 cm³/mol. The van der Waals surface area contributed by atoms with Gasteiger partial charge in [0.05, 0.1) is 6.04 Å². The monoisotopic (exact) mass is 276 g/mol. The van der Waals surface area contributed by atoms with Gasteiger partial charge < -0.3 is 16.2 Å². The summed E-state index contributed by atoms with van der Waals surface area (Å²) in [6.07, 6.45) is 0. The van der Waals surface area contributed by atoms with E-state index < -0.39 is 17.6 Å². The van der Waals surface area contributed by atoms with Crippen molar-refractivity contribution in [3.8, 4) is 5.75 Å². The van der Waals surface area contributed by atoms with E-state index in [1.165, 1.54) is 12.1 Å². The molecule has 4 nitrogen and oxygen atoms in total. The van der Waals surface area contributed by atoms with E-state index in [-0.39, 0.29) is 30.8 Å². The zero-order chi connectivity index (χ0) is 13.0. The van der Waals surface area contributed by atoms with E-state index in [0.29, 0.717) is 5.56 Å². The molecule has 102 valence electrons. The first-order chi connectivity index (χ1) is 7.91. The topological polar surface area (TPSA) is 75.4 Å². The van der Waals surface area contributed by atoms with Crippen LogP contribution >= 0.6 is 12.4 Å². The first-order valence-electron chi connectivity index (χ1n) is 5.42. The van der Waals surface area contributed by atoms with Crippen molar-refractivity contribution < 1.29 is 14.3 Å². The summed E-state index contributed by atoms with van der Waals surface area (Å²) in [5, 5.41) is 11.6. The number of aromatic hydroxyl groups is 1. The van der Waals surface area contributed by atoms with Crippen LogP contribution in [0.15, 0.2) is 18.2 Å². The van der Waals surface area contributed by atoms with E-state index in [1.54, 1.807) is 6.07 Å². The molecule has 0 fully saturated rings. The Balaban J connectivity index is 0.00000289. The highest BCUT2D eigenvalue weighted by Gasteiger charge is 2.16. The van der Waals surface area contributed by atoms with Gasteiger partial charge in [-0.05, 0) is 23.6 Å². The molecular weight excluding hydrogens is 259 g/mol. The minimum absolute atomic E-state index is 0. The lowest BCUT2D eigenvalue weighted by molar-refractivity contribution is -0.123. The van der Waals surface area contributed by atoms with E-state index >= 15 is 0 Å². The normalized spacial score (nSPS) is 11.8. The summed E-state index contributed by atoms with van der Waals surface area (Å²) in [6, 6.07) is 3.40. The van der Waals surface area contributed by atoms with Crippen LogP contribution in [-0.4, -0.2) is 17.1 Å². The Morgan fingerprint density at radius 2 is 2.11 bits per heavy atom. The van der Waals surface area contributed by atoms with Crippen LogP contribution in [0.2, 0.25) is 0 Å². The van der Waals surface area contributed by atoms with Crippen LogP contribution in [0.1, 0.15) is 19.4 Å². The molecule has 1 aromatic rings. The molecule has 0 saturated heterocycles. The zero-order valence-electron chi connectivity index (χ0n) is 10.3. The summed E-state index contributed by atoms with van der Waals surface area (Å²) in [5.74, 6) is -1.33. The van der Waals surface area contributed by atoms with Gasteiger partial charge in [0.25, 0.3) is 0 Å². The lowest BCUT2D eigenvalue weighted by Gasteiger charge is -2.15. The third kappa shape index (κ3) is 4.50. The summed E-state index contributed by atoms with van der Waals surface area (Å²) < 4.78 is 13.0. The maximum absolute atomic E-state index is 13.0. The van der Waals surface area contributed by atoms with Crippen molar-refractivity contribution in [2.45, 2.75) is 26.4 Å². The molecule has 6 heteroatoms. The second kappa shape index (κ2) is 7.18. The molecule has 0 spiro atoms. The van der Waals surface area contributed by atoms with Gasteiger partial charge in [0.2, 0.25) is 5.91 Å². The molecule has 0 aromatic heterocycles. The van der Waals surface area contributed by atoms with Crippen molar-refractivity contribution in [3.63, 3.8) is 0 Å². The van der Waals surface area contributed by atoms with E-state index in [1.807, 2.05) is 13.8 Å². The Kier molecular flexibility index (Phi) is 6.65. The molecule has 0 unspecified atom stereocenters. The van der Waals surface area contributed by atoms with Gasteiger partial charge in [0.1, 0.15) is 0 Å². The molecule has 4 N–H and O–H groups in total. The number of nitrogens with one attached hydrogen (secondary N) is 1. The minimum Gasteiger partial charge on any atom is -0.505 e. The molecule has 1 rings (SSSR count). The van der Waals surface area contributed by atoms with Gasteiger partial charge in [-0.25, -0.2) is 4.39 Å². The maximum atomic E-state index is 13.0. The second-order valence-electron chi connectivity index (χ2n) is 4.27. The third-order valence-corrected chi connectivity index (χ3v) is 2.50. The van der Waals surface area contributed by atoms with Gasteiger partial charge in [-0.3, -0.25) is 4.79 Å². The SMILES string of the molecule is CC(C)[C@H](N)C(=O)NCc1ccc(O)c(F)c1.Cl. The molecule has 0 aliphatic heterocycles. The number of phenols is 1. The summed E-state index contributed by atoms with van der Waals surface area (Å²) in [7, 11) is 0. The van der Waals surface area contributed by atoms with Gasteiger partial charge in [-0.1, -0.05) is 19.9 Å². The van der Waals surface area contributed by atoms with Crippen molar-refractivity contribution in [3.05, 3.63) is 29.6 Å². The summed E-state index contributed by atoms with van der Waals surface area (Å²) in [6.45, 7) is 3.89. The first-order valence-corrected chi connectivity index (χ1v) is 5.42. The lowest BCUT2D eigenvalue weighted by atomic mass is 10.0. The van der Waals surface area contributed by atoms with Gasteiger partial charge in [-0.2, -0.15) is 0 Å². The van der Waals surface area contributed by atoms with Crippen molar-refractivity contribution in [1.82, 2.24) is 5.32 Å². The molecule has 0 heterocycles. The smallest absolute Gasteiger partial charge is 0.237 e. The molecular formula is C12H18ClFN2O2. The maximum Gasteiger partial charge on any atom is 0.237 e.